The number of anilines is 2. The van der Waals surface area contributed by atoms with Gasteiger partial charge in [0.05, 0.1) is 5.69 Å². The van der Waals surface area contributed by atoms with Gasteiger partial charge in [-0.25, -0.2) is 4.98 Å². The van der Waals surface area contributed by atoms with E-state index in [0.29, 0.717) is 6.54 Å². The van der Waals surface area contributed by atoms with Crippen molar-refractivity contribution >= 4 is 35.0 Å². The number of aromatic nitrogens is 1. The first kappa shape index (κ1) is 18.5. The Labute approximate surface area is 158 Å². The summed E-state index contributed by atoms with van der Waals surface area (Å²) in [5.74, 6) is 0.649. The van der Waals surface area contributed by atoms with Gasteiger partial charge < -0.3 is 10.2 Å². The first-order valence-electron chi connectivity index (χ1n) is 8.72. The van der Waals surface area contributed by atoms with Crippen molar-refractivity contribution in [3.05, 3.63) is 47.2 Å². The number of amides is 2. The zero-order valence-corrected chi connectivity index (χ0v) is 16.2. The number of benzene rings is 1. The second-order valence-corrected chi connectivity index (χ2v) is 7.63. The maximum absolute atomic E-state index is 12.7. The normalized spacial score (nSPS) is 13.3. The fourth-order valence-corrected chi connectivity index (χ4v) is 4.12. The average molecular weight is 369 g/mol. The van der Waals surface area contributed by atoms with Gasteiger partial charge in [0.25, 0.3) is 0 Å². The number of aryl methyl sites for hydroxylation is 3. The van der Waals surface area contributed by atoms with E-state index in [1.54, 1.807) is 16.7 Å². The molecule has 0 fully saturated rings. The predicted octanol–water partition coefficient (Wildman–Crippen LogP) is 3.86. The third-order valence-corrected chi connectivity index (χ3v) is 5.25. The lowest BCUT2D eigenvalue weighted by Gasteiger charge is -2.30. The standard InChI is InChI=1S/C20H23N3O2S/c1-13-4-6-16(7-5-13)22-17(24)8-9-18(25)23-10-11-26-20-19(23)14(2)12-15(3)21-20/h4-7,12H,8-11H2,1-3H3,(H,22,24). The van der Waals surface area contributed by atoms with Crippen LogP contribution in [0.25, 0.3) is 0 Å². The van der Waals surface area contributed by atoms with Crippen LogP contribution in [0, 0.1) is 20.8 Å². The third kappa shape index (κ3) is 4.25. The predicted molar refractivity (Wildman–Crippen MR) is 106 cm³/mol. The molecule has 1 aromatic heterocycles. The summed E-state index contributed by atoms with van der Waals surface area (Å²) < 4.78 is 0. The van der Waals surface area contributed by atoms with Crippen molar-refractivity contribution < 1.29 is 9.59 Å². The van der Waals surface area contributed by atoms with Crippen LogP contribution in [0.2, 0.25) is 0 Å². The lowest BCUT2D eigenvalue weighted by molar-refractivity contribution is -0.122. The molecular weight excluding hydrogens is 346 g/mol. The highest BCUT2D eigenvalue weighted by Gasteiger charge is 2.26. The van der Waals surface area contributed by atoms with Crippen molar-refractivity contribution in [2.75, 3.05) is 22.5 Å². The summed E-state index contributed by atoms with van der Waals surface area (Å²) in [7, 11) is 0. The van der Waals surface area contributed by atoms with Gasteiger partial charge in [0, 0.05) is 36.5 Å². The van der Waals surface area contributed by atoms with E-state index in [2.05, 4.69) is 10.3 Å². The molecule has 26 heavy (non-hydrogen) atoms. The molecule has 0 saturated heterocycles. The Morgan fingerprint density at radius 2 is 1.88 bits per heavy atom. The molecule has 3 rings (SSSR count). The topological polar surface area (TPSA) is 62.3 Å². The molecule has 1 N–H and O–H groups in total. The average Bonchev–Trinajstić information content (AvgIpc) is 2.61. The van der Waals surface area contributed by atoms with Crippen LogP contribution < -0.4 is 10.2 Å². The quantitative estimate of drug-likeness (QED) is 0.889. The van der Waals surface area contributed by atoms with Gasteiger partial charge in [0.2, 0.25) is 11.8 Å². The molecule has 1 aliphatic rings. The minimum absolute atomic E-state index is 0.0284. The molecule has 6 heteroatoms. The number of pyridine rings is 1. The zero-order chi connectivity index (χ0) is 18.7. The summed E-state index contributed by atoms with van der Waals surface area (Å²) in [6.45, 7) is 6.62. The first-order valence-corrected chi connectivity index (χ1v) is 9.70. The van der Waals surface area contributed by atoms with Crippen LogP contribution in [0.15, 0.2) is 35.4 Å². The van der Waals surface area contributed by atoms with Crippen LogP contribution in [0.1, 0.15) is 29.7 Å². The molecule has 2 heterocycles. The van der Waals surface area contributed by atoms with E-state index in [9.17, 15) is 9.59 Å². The number of rotatable bonds is 4. The molecule has 2 aromatic rings. The van der Waals surface area contributed by atoms with Gasteiger partial charge in [0.1, 0.15) is 5.03 Å². The largest absolute Gasteiger partial charge is 0.326 e. The molecule has 0 saturated carbocycles. The minimum atomic E-state index is -0.146. The number of carbonyl (C=O) groups is 2. The Morgan fingerprint density at radius 3 is 2.62 bits per heavy atom. The number of hydrogen-bond acceptors (Lipinski definition) is 4. The number of nitrogens with one attached hydrogen (secondary N) is 1. The van der Waals surface area contributed by atoms with Crippen LogP contribution in [0.5, 0.6) is 0 Å². The second-order valence-electron chi connectivity index (χ2n) is 6.54. The van der Waals surface area contributed by atoms with E-state index in [0.717, 1.165) is 39.0 Å². The highest BCUT2D eigenvalue weighted by molar-refractivity contribution is 7.99. The van der Waals surface area contributed by atoms with Gasteiger partial charge >= 0.3 is 0 Å². The van der Waals surface area contributed by atoms with Crippen molar-refractivity contribution in [1.82, 2.24) is 4.98 Å². The number of carbonyl (C=O) groups excluding carboxylic acids is 2. The van der Waals surface area contributed by atoms with Gasteiger partial charge in [0.15, 0.2) is 0 Å². The Morgan fingerprint density at radius 1 is 1.15 bits per heavy atom. The van der Waals surface area contributed by atoms with Crippen LogP contribution in [0.4, 0.5) is 11.4 Å². The molecule has 5 nitrogen and oxygen atoms in total. The molecule has 1 aliphatic heterocycles. The summed E-state index contributed by atoms with van der Waals surface area (Å²) in [6, 6.07) is 9.62. The molecule has 0 aliphatic carbocycles. The third-order valence-electron chi connectivity index (χ3n) is 4.31. The zero-order valence-electron chi connectivity index (χ0n) is 15.3. The van der Waals surface area contributed by atoms with Gasteiger partial charge in [-0.15, -0.1) is 11.8 Å². The smallest absolute Gasteiger partial charge is 0.227 e. The summed E-state index contributed by atoms with van der Waals surface area (Å²) in [4.78, 5) is 31.2. The molecule has 0 radical (unpaired) electrons. The molecule has 1 aromatic carbocycles. The molecule has 0 unspecified atom stereocenters. The van der Waals surface area contributed by atoms with Crippen LogP contribution >= 0.6 is 11.8 Å². The van der Waals surface area contributed by atoms with E-state index < -0.39 is 0 Å². The lowest BCUT2D eigenvalue weighted by atomic mass is 10.1. The SMILES string of the molecule is Cc1ccc(NC(=O)CCC(=O)N2CCSc3nc(C)cc(C)c32)cc1. The second kappa shape index (κ2) is 7.91. The number of nitrogens with zero attached hydrogens (tertiary/aromatic N) is 2. The van der Waals surface area contributed by atoms with Crippen molar-refractivity contribution in [3.63, 3.8) is 0 Å². The van der Waals surface area contributed by atoms with Crippen LogP contribution in [-0.4, -0.2) is 29.1 Å². The van der Waals surface area contributed by atoms with E-state index in [1.165, 1.54) is 0 Å². The van der Waals surface area contributed by atoms with Crippen molar-refractivity contribution in [3.8, 4) is 0 Å². The van der Waals surface area contributed by atoms with Crippen LogP contribution in [0.3, 0.4) is 0 Å². The highest BCUT2D eigenvalue weighted by atomic mass is 32.2. The first-order chi connectivity index (χ1) is 12.4. The van der Waals surface area contributed by atoms with Gasteiger partial charge in [-0.05, 0) is 44.5 Å². The molecule has 2 amide bonds. The fourth-order valence-electron chi connectivity index (χ4n) is 3.04. The maximum Gasteiger partial charge on any atom is 0.227 e. The van der Waals surface area contributed by atoms with E-state index >= 15 is 0 Å². The number of hydrogen-bond donors (Lipinski definition) is 1. The molecule has 0 spiro atoms. The molecule has 0 bridgehead atoms. The lowest BCUT2D eigenvalue weighted by Crippen LogP contribution is -2.36. The summed E-state index contributed by atoms with van der Waals surface area (Å²) in [5.41, 5.74) is 4.80. The summed E-state index contributed by atoms with van der Waals surface area (Å²) in [6.07, 6.45) is 0.360. The molecular formula is C20H23N3O2S. The Balaban J connectivity index is 1.62. The van der Waals surface area contributed by atoms with Crippen molar-refractivity contribution in [2.45, 2.75) is 38.6 Å². The Hall–Kier alpha value is -2.34. The monoisotopic (exact) mass is 369 g/mol. The molecule has 0 atom stereocenters. The van der Waals surface area contributed by atoms with Crippen molar-refractivity contribution in [1.29, 1.82) is 0 Å². The maximum atomic E-state index is 12.7. The van der Waals surface area contributed by atoms with Gasteiger partial charge in [-0.1, -0.05) is 17.7 Å². The van der Waals surface area contributed by atoms with E-state index in [4.69, 9.17) is 0 Å². The number of fused-ring (bicyclic) bond motifs is 1. The van der Waals surface area contributed by atoms with E-state index in [1.807, 2.05) is 51.1 Å². The molecule has 136 valence electrons. The summed E-state index contributed by atoms with van der Waals surface area (Å²) in [5, 5.41) is 3.75. The van der Waals surface area contributed by atoms with Crippen molar-refractivity contribution in [2.24, 2.45) is 0 Å². The number of thioether (sulfide) groups is 1. The fraction of sp³-hybridized carbons (Fsp3) is 0.350. The van der Waals surface area contributed by atoms with Gasteiger partial charge in [-0.3, -0.25) is 9.59 Å². The minimum Gasteiger partial charge on any atom is -0.326 e. The highest BCUT2D eigenvalue weighted by Crippen LogP contribution is 2.36. The Kier molecular flexibility index (Phi) is 5.61. The Bertz CT molecular complexity index is 834. The van der Waals surface area contributed by atoms with Gasteiger partial charge in [-0.2, -0.15) is 0 Å². The van der Waals surface area contributed by atoms with Crippen LogP contribution in [-0.2, 0) is 9.59 Å². The summed E-state index contributed by atoms with van der Waals surface area (Å²) >= 11 is 1.68. The van der Waals surface area contributed by atoms with E-state index in [-0.39, 0.29) is 24.7 Å².